The smallest absolute Gasteiger partial charge is 0.412 e. The van der Waals surface area contributed by atoms with E-state index >= 15 is 0 Å². The molecule has 4 nitrogen and oxygen atoms in total. The van der Waals surface area contributed by atoms with Gasteiger partial charge in [0, 0.05) is 6.08 Å². The summed E-state index contributed by atoms with van der Waals surface area (Å²) in [6.07, 6.45) is 1.47. The van der Waals surface area contributed by atoms with Crippen LogP contribution in [-0.2, 0) is 4.74 Å². The maximum atomic E-state index is 10.8. The first kappa shape index (κ1) is 8.60. The molecule has 64 valence electrons. The van der Waals surface area contributed by atoms with E-state index in [1.165, 1.54) is 6.08 Å². The van der Waals surface area contributed by atoms with Crippen molar-refractivity contribution in [2.45, 2.75) is 25.9 Å². The molecule has 4 heteroatoms. The number of nitrogens with zero attached hydrogens (tertiary/aromatic N) is 1. The van der Waals surface area contributed by atoms with Crippen LogP contribution in [-0.4, -0.2) is 11.7 Å². The molecule has 0 bridgehead atoms. The van der Waals surface area contributed by atoms with E-state index in [0.717, 1.165) is 0 Å². The van der Waals surface area contributed by atoms with Gasteiger partial charge in [0.25, 0.3) is 0 Å². The number of amides is 1. The summed E-state index contributed by atoms with van der Waals surface area (Å²) in [6, 6.07) is 1.86. The predicted molar refractivity (Wildman–Crippen MR) is 42.0 cm³/mol. The summed E-state index contributed by atoms with van der Waals surface area (Å²) in [4.78, 5) is 10.8. The van der Waals surface area contributed by atoms with Crippen LogP contribution in [0, 0.1) is 11.3 Å². The highest BCUT2D eigenvalue weighted by molar-refractivity contribution is 5.74. The molecule has 1 heterocycles. The molecule has 1 fully saturated rings. The van der Waals surface area contributed by atoms with Gasteiger partial charge in [0.05, 0.1) is 11.8 Å². The molecule has 1 aliphatic rings. The lowest BCUT2D eigenvalue weighted by Crippen LogP contribution is -2.25. The lowest BCUT2D eigenvalue weighted by Gasteiger charge is -2.19. The predicted octanol–water partition coefficient (Wildman–Crippen LogP) is 1.30. The SMILES string of the molecule is CCC1(C)OC(=O)N/C1=C/C#N. The second kappa shape index (κ2) is 2.86. The van der Waals surface area contributed by atoms with Crippen LogP contribution >= 0.6 is 0 Å². The van der Waals surface area contributed by atoms with Gasteiger partial charge in [0.2, 0.25) is 0 Å². The van der Waals surface area contributed by atoms with Gasteiger partial charge in [-0.15, -0.1) is 0 Å². The zero-order valence-electron chi connectivity index (χ0n) is 7.05. The van der Waals surface area contributed by atoms with Gasteiger partial charge in [-0.1, -0.05) is 6.92 Å². The second-order valence-corrected chi connectivity index (χ2v) is 2.79. The van der Waals surface area contributed by atoms with Crippen molar-refractivity contribution in [2.24, 2.45) is 0 Å². The summed E-state index contributed by atoms with van der Waals surface area (Å²) in [6.45, 7) is 3.67. The fraction of sp³-hybridized carbons (Fsp3) is 0.500. The Kier molecular flexibility index (Phi) is 2.05. The Morgan fingerprint density at radius 2 is 2.50 bits per heavy atom. The maximum absolute atomic E-state index is 10.8. The van der Waals surface area contributed by atoms with E-state index < -0.39 is 11.7 Å². The minimum atomic E-state index is -0.646. The van der Waals surface area contributed by atoms with Crippen LogP contribution in [0.15, 0.2) is 11.8 Å². The average molecular weight is 166 g/mol. The summed E-state index contributed by atoms with van der Waals surface area (Å²) in [7, 11) is 0. The summed E-state index contributed by atoms with van der Waals surface area (Å²) in [5.41, 5.74) is -0.107. The van der Waals surface area contributed by atoms with Gasteiger partial charge in [-0.3, -0.25) is 5.32 Å². The molecule has 12 heavy (non-hydrogen) atoms. The Bertz CT molecular complexity index is 277. The number of carbonyl (C=O) groups excluding carboxylic acids is 1. The number of nitriles is 1. The van der Waals surface area contributed by atoms with E-state index in [9.17, 15) is 4.79 Å². The first-order chi connectivity index (χ1) is 5.62. The first-order valence-corrected chi connectivity index (χ1v) is 3.72. The molecule has 1 N–H and O–H groups in total. The van der Waals surface area contributed by atoms with Crippen LogP contribution in [0.4, 0.5) is 4.79 Å². The van der Waals surface area contributed by atoms with E-state index in [2.05, 4.69) is 5.32 Å². The van der Waals surface area contributed by atoms with Crippen molar-refractivity contribution in [1.29, 1.82) is 5.26 Å². The van der Waals surface area contributed by atoms with Gasteiger partial charge >= 0.3 is 6.09 Å². The second-order valence-electron chi connectivity index (χ2n) is 2.79. The minimum absolute atomic E-state index is 0.485. The Balaban J connectivity index is 2.95. The fourth-order valence-electron chi connectivity index (χ4n) is 1.04. The molecule has 1 unspecified atom stereocenters. The summed E-state index contributed by atoms with van der Waals surface area (Å²) in [5.74, 6) is 0. The Morgan fingerprint density at radius 1 is 1.83 bits per heavy atom. The van der Waals surface area contributed by atoms with Gasteiger partial charge in [-0.05, 0) is 13.3 Å². The number of carbonyl (C=O) groups is 1. The van der Waals surface area contributed by atoms with Crippen molar-refractivity contribution in [3.8, 4) is 6.07 Å². The molecule has 1 rings (SSSR count). The van der Waals surface area contributed by atoms with E-state index in [1.54, 1.807) is 6.92 Å². The minimum Gasteiger partial charge on any atom is -0.437 e. The van der Waals surface area contributed by atoms with E-state index in [1.807, 2.05) is 13.0 Å². The molecular weight excluding hydrogens is 156 g/mol. The third-order valence-corrected chi connectivity index (χ3v) is 2.01. The van der Waals surface area contributed by atoms with Crippen LogP contribution < -0.4 is 5.32 Å². The molecule has 1 atom stereocenters. The fourth-order valence-corrected chi connectivity index (χ4v) is 1.04. The van der Waals surface area contributed by atoms with Crippen LogP contribution in [0.3, 0.4) is 0 Å². The normalized spacial score (nSPS) is 31.1. The van der Waals surface area contributed by atoms with Crippen LogP contribution in [0.5, 0.6) is 0 Å². The standard InChI is InChI=1S/C8H10N2O2/c1-3-8(2)6(4-5-9)10-7(11)12-8/h4H,3H2,1-2H3,(H,10,11)/b6-4+. The summed E-state index contributed by atoms with van der Waals surface area (Å²) >= 11 is 0. The first-order valence-electron chi connectivity index (χ1n) is 3.72. The van der Waals surface area contributed by atoms with E-state index in [-0.39, 0.29) is 0 Å². The third-order valence-electron chi connectivity index (χ3n) is 2.01. The molecule has 0 aromatic rings. The molecule has 1 saturated heterocycles. The van der Waals surface area contributed by atoms with Crippen molar-refractivity contribution in [3.05, 3.63) is 11.8 Å². The molecule has 0 saturated carbocycles. The molecule has 0 radical (unpaired) electrons. The van der Waals surface area contributed by atoms with Crippen molar-refractivity contribution in [1.82, 2.24) is 5.32 Å². The van der Waals surface area contributed by atoms with Crippen molar-refractivity contribution in [3.63, 3.8) is 0 Å². The number of hydrogen-bond acceptors (Lipinski definition) is 3. The highest BCUT2D eigenvalue weighted by Crippen LogP contribution is 2.28. The summed E-state index contributed by atoms with van der Waals surface area (Å²) in [5, 5.41) is 10.9. The molecule has 0 aromatic heterocycles. The van der Waals surface area contributed by atoms with E-state index in [4.69, 9.17) is 10.00 Å². The number of ether oxygens (including phenoxy) is 1. The largest absolute Gasteiger partial charge is 0.437 e. The van der Waals surface area contributed by atoms with Gasteiger partial charge in [-0.2, -0.15) is 5.26 Å². The number of nitrogens with one attached hydrogen (secondary N) is 1. The Labute approximate surface area is 70.8 Å². The van der Waals surface area contributed by atoms with Gasteiger partial charge < -0.3 is 4.74 Å². The number of hydrogen-bond donors (Lipinski definition) is 1. The topological polar surface area (TPSA) is 62.1 Å². The number of rotatable bonds is 1. The molecular formula is C8H10N2O2. The average Bonchev–Trinajstić information content (AvgIpc) is 2.29. The Morgan fingerprint density at radius 3 is 3.00 bits per heavy atom. The Hall–Kier alpha value is -1.50. The number of allylic oxidation sites excluding steroid dienone is 1. The number of cyclic esters (lactones) is 1. The highest BCUT2D eigenvalue weighted by atomic mass is 16.6. The van der Waals surface area contributed by atoms with Crippen LogP contribution in [0.2, 0.25) is 0 Å². The zero-order valence-corrected chi connectivity index (χ0v) is 7.05. The molecule has 1 amide bonds. The third kappa shape index (κ3) is 1.26. The lowest BCUT2D eigenvalue weighted by atomic mass is 10.00. The molecule has 0 aromatic carbocycles. The lowest BCUT2D eigenvalue weighted by molar-refractivity contribution is 0.0816. The van der Waals surface area contributed by atoms with E-state index in [0.29, 0.717) is 12.1 Å². The van der Waals surface area contributed by atoms with Crippen molar-refractivity contribution < 1.29 is 9.53 Å². The zero-order chi connectivity index (χ0) is 9.19. The van der Waals surface area contributed by atoms with Crippen molar-refractivity contribution in [2.75, 3.05) is 0 Å². The van der Waals surface area contributed by atoms with Crippen LogP contribution in [0.25, 0.3) is 0 Å². The number of alkyl carbamates (subject to hydrolysis) is 1. The molecule has 0 aliphatic carbocycles. The maximum Gasteiger partial charge on any atom is 0.412 e. The van der Waals surface area contributed by atoms with Gasteiger partial charge in [0.1, 0.15) is 0 Å². The monoisotopic (exact) mass is 166 g/mol. The van der Waals surface area contributed by atoms with Crippen LogP contribution in [0.1, 0.15) is 20.3 Å². The van der Waals surface area contributed by atoms with Crippen molar-refractivity contribution >= 4 is 6.09 Å². The summed E-state index contributed by atoms with van der Waals surface area (Å²) < 4.78 is 4.99. The molecule has 1 aliphatic heterocycles. The van der Waals surface area contributed by atoms with Gasteiger partial charge in [0.15, 0.2) is 5.60 Å². The highest BCUT2D eigenvalue weighted by Gasteiger charge is 2.38. The van der Waals surface area contributed by atoms with Gasteiger partial charge in [-0.25, -0.2) is 4.79 Å². The molecule has 0 spiro atoms. The quantitative estimate of drug-likeness (QED) is 0.597.